The van der Waals surface area contributed by atoms with Gasteiger partial charge in [0.15, 0.2) is 0 Å². The quantitative estimate of drug-likeness (QED) is 0.419. The molecule has 1 aromatic heterocycles. The van der Waals surface area contributed by atoms with E-state index in [4.69, 9.17) is 4.74 Å². The summed E-state index contributed by atoms with van der Waals surface area (Å²) in [5.74, 6) is 1.08. The molecule has 30 heavy (non-hydrogen) atoms. The monoisotopic (exact) mass is 426 g/mol. The molecule has 2 aromatic carbocycles. The molecule has 3 N–H and O–H groups in total. The number of hydrogen-bond donors (Lipinski definition) is 3. The van der Waals surface area contributed by atoms with E-state index in [1.54, 1.807) is 23.5 Å². The lowest BCUT2D eigenvalue weighted by molar-refractivity contribution is 0.257. The topological polar surface area (TPSA) is 69.9 Å². The van der Waals surface area contributed by atoms with Crippen LogP contribution in [0.5, 0.6) is 5.75 Å². The standard InChI is InChI=1S/C25H30O4S/c1-3-18(8-9-26)19-5-7-25(17(2)10-19)22-12-24(30-16-22)15-29-23-6-4-20(13-27)21(11-23)14-28/h4-7,10-12,16,18,26-28H,3,8-9,13-15H2,1-2H3. The average molecular weight is 427 g/mol. The number of hydrogen-bond acceptors (Lipinski definition) is 5. The van der Waals surface area contributed by atoms with Crippen molar-refractivity contribution in [3.05, 3.63) is 75.0 Å². The van der Waals surface area contributed by atoms with E-state index in [0.29, 0.717) is 29.4 Å². The summed E-state index contributed by atoms with van der Waals surface area (Å²) in [6.07, 6.45) is 1.82. The van der Waals surface area contributed by atoms with Crippen LogP contribution in [0, 0.1) is 6.92 Å². The SMILES string of the molecule is CCC(CCO)c1ccc(-c2csc(COc3ccc(CO)c(CO)c3)c2)c(C)c1. The zero-order valence-corrected chi connectivity index (χ0v) is 18.4. The van der Waals surface area contributed by atoms with E-state index in [2.05, 4.69) is 43.5 Å². The van der Waals surface area contributed by atoms with Gasteiger partial charge in [0.05, 0.1) is 13.2 Å². The lowest BCUT2D eigenvalue weighted by Gasteiger charge is -2.16. The van der Waals surface area contributed by atoms with Gasteiger partial charge in [0.2, 0.25) is 0 Å². The summed E-state index contributed by atoms with van der Waals surface area (Å²) in [4.78, 5) is 1.12. The van der Waals surface area contributed by atoms with Crippen LogP contribution in [0.25, 0.3) is 11.1 Å². The van der Waals surface area contributed by atoms with Crippen molar-refractivity contribution < 1.29 is 20.1 Å². The van der Waals surface area contributed by atoms with Gasteiger partial charge < -0.3 is 20.1 Å². The molecule has 1 atom stereocenters. The van der Waals surface area contributed by atoms with Gasteiger partial charge in [-0.05, 0) is 82.6 Å². The van der Waals surface area contributed by atoms with Crippen LogP contribution >= 0.6 is 11.3 Å². The summed E-state index contributed by atoms with van der Waals surface area (Å²) in [5.41, 5.74) is 6.33. The van der Waals surface area contributed by atoms with Crippen LogP contribution in [0.1, 0.15) is 52.8 Å². The molecule has 0 aliphatic heterocycles. The van der Waals surface area contributed by atoms with Gasteiger partial charge in [-0.25, -0.2) is 0 Å². The highest BCUT2D eigenvalue weighted by Gasteiger charge is 2.12. The summed E-state index contributed by atoms with van der Waals surface area (Å²) in [7, 11) is 0. The predicted octanol–water partition coefficient (Wildman–Crippen LogP) is 5.16. The third-order valence-electron chi connectivity index (χ3n) is 5.56. The zero-order chi connectivity index (χ0) is 21.5. The third kappa shape index (κ3) is 5.29. The first-order chi connectivity index (χ1) is 14.6. The van der Waals surface area contributed by atoms with Crippen molar-refractivity contribution in [2.24, 2.45) is 0 Å². The Kier molecular flexibility index (Phi) is 8.05. The van der Waals surface area contributed by atoms with E-state index in [1.807, 2.05) is 6.07 Å². The molecule has 3 rings (SSSR count). The first-order valence-corrected chi connectivity index (χ1v) is 11.2. The summed E-state index contributed by atoms with van der Waals surface area (Å²) in [6.45, 7) is 4.76. The molecule has 5 heteroatoms. The van der Waals surface area contributed by atoms with E-state index in [1.165, 1.54) is 22.3 Å². The van der Waals surface area contributed by atoms with Gasteiger partial charge in [0, 0.05) is 11.5 Å². The number of thiophene rings is 1. The molecule has 0 spiro atoms. The molecule has 0 bridgehead atoms. The lowest BCUT2D eigenvalue weighted by Crippen LogP contribution is -2.01. The highest BCUT2D eigenvalue weighted by Crippen LogP contribution is 2.32. The molecule has 160 valence electrons. The first kappa shape index (κ1) is 22.5. The van der Waals surface area contributed by atoms with Crippen LogP contribution in [0.3, 0.4) is 0 Å². The van der Waals surface area contributed by atoms with Crippen molar-refractivity contribution in [1.29, 1.82) is 0 Å². The van der Waals surface area contributed by atoms with Crippen molar-refractivity contribution in [2.75, 3.05) is 6.61 Å². The van der Waals surface area contributed by atoms with Crippen LogP contribution in [0.2, 0.25) is 0 Å². The highest BCUT2D eigenvalue weighted by atomic mass is 32.1. The second-order valence-corrected chi connectivity index (χ2v) is 8.52. The Balaban J connectivity index is 1.70. The normalized spacial score (nSPS) is 12.2. The molecule has 0 saturated carbocycles. The molecular formula is C25H30O4S. The Bertz CT molecular complexity index is 964. The second-order valence-electron chi connectivity index (χ2n) is 7.53. The molecule has 3 aromatic rings. The van der Waals surface area contributed by atoms with Crippen LogP contribution in [0.4, 0.5) is 0 Å². The van der Waals surface area contributed by atoms with E-state index < -0.39 is 0 Å². The molecular weight excluding hydrogens is 396 g/mol. The van der Waals surface area contributed by atoms with Crippen LogP contribution in [-0.4, -0.2) is 21.9 Å². The molecule has 0 fully saturated rings. The van der Waals surface area contributed by atoms with Gasteiger partial charge in [-0.2, -0.15) is 0 Å². The second kappa shape index (κ2) is 10.7. The van der Waals surface area contributed by atoms with Crippen molar-refractivity contribution in [1.82, 2.24) is 0 Å². The van der Waals surface area contributed by atoms with Gasteiger partial charge in [0.1, 0.15) is 12.4 Å². The van der Waals surface area contributed by atoms with E-state index in [0.717, 1.165) is 17.7 Å². The number of ether oxygens (including phenoxy) is 1. The fourth-order valence-corrected chi connectivity index (χ4v) is 4.57. The lowest BCUT2D eigenvalue weighted by atomic mass is 9.90. The Labute approximate surface area is 182 Å². The number of aliphatic hydroxyl groups is 3. The van der Waals surface area contributed by atoms with E-state index in [9.17, 15) is 15.3 Å². The molecule has 0 amide bonds. The van der Waals surface area contributed by atoms with Crippen molar-refractivity contribution >= 4 is 11.3 Å². The van der Waals surface area contributed by atoms with Crippen molar-refractivity contribution in [2.45, 2.75) is 52.4 Å². The predicted molar refractivity (Wildman–Crippen MR) is 122 cm³/mol. The van der Waals surface area contributed by atoms with Crippen LogP contribution in [0.15, 0.2) is 47.8 Å². The molecule has 1 heterocycles. The van der Waals surface area contributed by atoms with Gasteiger partial charge in [-0.15, -0.1) is 11.3 Å². The van der Waals surface area contributed by atoms with Crippen LogP contribution in [-0.2, 0) is 19.8 Å². The number of rotatable bonds is 10. The summed E-state index contributed by atoms with van der Waals surface area (Å²) >= 11 is 1.67. The zero-order valence-electron chi connectivity index (χ0n) is 17.6. The Morgan fingerprint density at radius 2 is 1.77 bits per heavy atom. The minimum absolute atomic E-state index is 0.0956. The van der Waals surface area contributed by atoms with Gasteiger partial charge in [-0.1, -0.05) is 31.2 Å². The van der Waals surface area contributed by atoms with Crippen LogP contribution < -0.4 is 4.74 Å². The summed E-state index contributed by atoms with van der Waals surface area (Å²) in [6, 6.07) is 14.1. The molecule has 4 nitrogen and oxygen atoms in total. The Hall–Kier alpha value is -2.18. The first-order valence-electron chi connectivity index (χ1n) is 10.3. The number of aliphatic hydroxyl groups excluding tert-OH is 3. The van der Waals surface area contributed by atoms with Crippen molar-refractivity contribution in [3.63, 3.8) is 0 Å². The molecule has 0 radical (unpaired) electrons. The fourth-order valence-electron chi connectivity index (χ4n) is 3.77. The van der Waals surface area contributed by atoms with Gasteiger partial charge in [-0.3, -0.25) is 0 Å². The van der Waals surface area contributed by atoms with Gasteiger partial charge in [0.25, 0.3) is 0 Å². The fraction of sp³-hybridized carbons (Fsp3) is 0.360. The minimum atomic E-state index is -0.122. The maximum Gasteiger partial charge on any atom is 0.122 e. The van der Waals surface area contributed by atoms with Crippen molar-refractivity contribution in [3.8, 4) is 16.9 Å². The Morgan fingerprint density at radius 3 is 2.43 bits per heavy atom. The number of benzene rings is 2. The smallest absolute Gasteiger partial charge is 0.122 e. The molecule has 0 aliphatic rings. The van der Waals surface area contributed by atoms with E-state index in [-0.39, 0.29) is 19.8 Å². The summed E-state index contributed by atoms with van der Waals surface area (Å²) in [5, 5.41) is 30.2. The van der Waals surface area contributed by atoms with E-state index >= 15 is 0 Å². The average Bonchev–Trinajstić information content (AvgIpc) is 3.24. The molecule has 0 aliphatic carbocycles. The maximum absolute atomic E-state index is 9.44. The summed E-state index contributed by atoms with van der Waals surface area (Å²) < 4.78 is 5.90. The minimum Gasteiger partial charge on any atom is -0.488 e. The number of aryl methyl sites for hydroxylation is 1. The maximum atomic E-state index is 9.44. The largest absolute Gasteiger partial charge is 0.488 e. The molecule has 0 saturated heterocycles. The van der Waals surface area contributed by atoms with Gasteiger partial charge >= 0.3 is 0 Å². The Morgan fingerprint density at radius 1 is 0.967 bits per heavy atom. The highest BCUT2D eigenvalue weighted by molar-refractivity contribution is 7.10. The third-order valence-corrected chi connectivity index (χ3v) is 6.47. The molecule has 1 unspecified atom stereocenters.